The number of hydrogen-bond donors (Lipinski definition) is 2. The molecule has 0 radical (unpaired) electrons. The van der Waals surface area contributed by atoms with Crippen molar-refractivity contribution in [2.75, 3.05) is 45.4 Å². The molecule has 1 aliphatic rings. The molecule has 2 N–H and O–H groups in total. The molecule has 0 aliphatic carbocycles. The zero-order valence-electron chi connectivity index (χ0n) is 19.1. The summed E-state index contributed by atoms with van der Waals surface area (Å²) in [4.78, 5) is 16.2. The molecular formula is C25H31N5O3. The van der Waals surface area contributed by atoms with Crippen LogP contribution in [-0.2, 0) is 4.74 Å². The fourth-order valence-electron chi connectivity index (χ4n) is 3.88. The molecule has 0 bridgehead atoms. The van der Waals surface area contributed by atoms with E-state index in [-0.39, 0.29) is 6.61 Å². The summed E-state index contributed by atoms with van der Waals surface area (Å²) in [7, 11) is 3.88. The van der Waals surface area contributed by atoms with Crippen molar-refractivity contribution >= 4 is 5.82 Å². The molecule has 1 atom stereocenters. The lowest BCUT2D eigenvalue weighted by Gasteiger charge is -2.32. The maximum Gasteiger partial charge on any atom is 0.162 e. The molecular weight excluding hydrogens is 418 g/mol. The minimum atomic E-state index is -0.580. The van der Waals surface area contributed by atoms with Crippen LogP contribution in [0.4, 0.5) is 5.82 Å². The van der Waals surface area contributed by atoms with Gasteiger partial charge in [0.05, 0.1) is 5.69 Å². The molecule has 1 unspecified atom stereocenters. The first-order chi connectivity index (χ1) is 16.1. The van der Waals surface area contributed by atoms with E-state index >= 15 is 0 Å². The maximum atomic E-state index is 9.95. The Morgan fingerprint density at radius 3 is 2.73 bits per heavy atom. The van der Waals surface area contributed by atoms with Gasteiger partial charge < -0.3 is 24.8 Å². The summed E-state index contributed by atoms with van der Waals surface area (Å²) in [5.41, 5.74) is 2.60. The lowest BCUT2D eigenvalue weighted by Crippen LogP contribution is -2.37. The normalized spacial score (nSPS) is 15.2. The number of aromatic nitrogens is 3. The predicted molar refractivity (Wildman–Crippen MR) is 128 cm³/mol. The molecule has 4 rings (SSSR count). The van der Waals surface area contributed by atoms with Gasteiger partial charge in [-0.15, -0.1) is 0 Å². The third kappa shape index (κ3) is 6.04. The molecule has 3 aromatic rings. The first kappa shape index (κ1) is 23.1. The van der Waals surface area contributed by atoms with Crippen LogP contribution in [0.2, 0.25) is 0 Å². The standard InChI is InChI=1S/C25H31N5O3/c1-26-16-21(31)17-33-22-7-3-5-18(13-22)25-28-23(19-6-4-10-27-15-19)14-24(29-25)30(2)20-8-11-32-12-9-20/h3-7,10,13-15,20-21,26,31H,8-9,11-12,16-17H2,1-2H3. The number of hydrogen-bond acceptors (Lipinski definition) is 8. The van der Waals surface area contributed by atoms with E-state index in [9.17, 15) is 5.11 Å². The number of rotatable bonds is 9. The summed E-state index contributed by atoms with van der Waals surface area (Å²) < 4.78 is 11.3. The molecule has 1 saturated heterocycles. The van der Waals surface area contributed by atoms with Crippen molar-refractivity contribution in [3.63, 3.8) is 0 Å². The van der Waals surface area contributed by atoms with Crippen LogP contribution < -0.4 is 15.0 Å². The van der Waals surface area contributed by atoms with Gasteiger partial charge in [0.25, 0.3) is 0 Å². The summed E-state index contributed by atoms with van der Waals surface area (Å²) in [5, 5.41) is 12.9. The summed E-state index contributed by atoms with van der Waals surface area (Å²) in [5.74, 6) is 2.14. The van der Waals surface area contributed by atoms with Gasteiger partial charge in [-0.1, -0.05) is 12.1 Å². The quantitative estimate of drug-likeness (QED) is 0.515. The van der Waals surface area contributed by atoms with Gasteiger partial charge in [0, 0.05) is 62.4 Å². The summed E-state index contributed by atoms with van der Waals surface area (Å²) in [6, 6.07) is 14.0. The van der Waals surface area contributed by atoms with Gasteiger partial charge in [0.15, 0.2) is 5.82 Å². The molecule has 0 amide bonds. The molecule has 2 aromatic heterocycles. The first-order valence-corrected chi connectivity index (χ1v) is 11.3. The van der Waals surface area contributed by atoms with Crippen molar-refractivity contribution in [3.8, 4) is 28.4 Å². The van der Waals surface area contributed by atoms with E-state index in [1.807, 2.05) is 48.7 Å². The first-order valence-electron chi connectivity index (χ1n) is 11.3. The largest absolute Gasteiger partial charge is 0.491 e. The fraction of sp³-hybridized carbons (Fsp3) is 0.400. The number of nitrogens with zero attached hydrogens (tertiary/aromatic N) is 4. The third-order valence-electron chi connectivity index (χ3n) is 5.74. The van der Waals surface area contributed by atoms with Crippen molar-refractivity contribution in [1.29, 1.82) is 0 Å². The minimum absolute atomic E-state index is 0.207. The molecule has 1 aromatic carbocycles. The van der Waals surface area contributed by atoms with Gasteiger partial charge in [-0.3, -0.25) is 4.98 Å². The van der Waals surface area contributed by atoms with E-state index in [0.29, 0.717) is 24.2 Å². The highest BCUT2D eigenvalue weighted by molar-refractivity contribution is 5.68. The Kier molecular flexibility index (Phi) is 7.83. The number of aliphatic hydroxyl groups excluding tert-OH is 1. The van der Waals surface area contributed by atoms with Crippen molar-refractivity contribution in [2.45, 2.75) is 25.0 Å². The van der Waals surface area contributed by atoms with E-state index < -0.39 is 6.10 Å². The van der Waals surface area contributed by atoms with Crippen LogP contribution in [0.3, 0.4) is 0 Å². The van der Waals surface area contributed by atoms with Crippen LogP contribution in [0.25, 0.3) is 22.6 Å². The highest BCUT2D eigenvalue weighted by Crippen LogP contribution is 2.29. The smallest absolute Gasteiger partial charge is 0.162 e. The van der Waals surface area contributed by atoms with E-state index in [0.717, 1.165) is 48.7 Å². The van der Waals surface area contributed by atoms with Crippen molar-refractivity contribution in [1.82, 2.24) is 20.3 Å². The predicted octanol–water partition coefficient (Wildman–Crippen LogP) is 2.78. The summed E-state index contributed by atoms with van der Waals surface area (Å²) in [6.45, 7) is 2.21. The van der Waals surface area contributed by atoms with Gasteiger partial charge in [0.1, 0.15) is 24.3 Å². The molecule has 174 valence electrons. The van der Waals surface area contributed by atoms with Crippen LogP contribution >= 0.6 is 0 Å². The third-order valence-corrected chi connectivity index (χ3v) is 5.74. The van der Waals surface area contributed by atoms with E-state index in [4.69, 9.17) is 19.4 Å². The number of anilines is 1. The zero-order valence-corrected chi connectivity index (χ0v) is 19.1. The molecule has 3 heterocycles. The molecule has 8 heteroatoms. The molecule has 8 nitrogen and oxygen atoms in total. The van der Waals surface area contributed by atoms with E-state index in [1.165, 1.54) is 0 Å². The molecule has 1 fully saturated rings. The Balaban J connectivity index is 1.66. The van der Waals surface area contributed by atoms with Crippen LogP contribution in [0.15, 0.2) is 54.9 Å². The van der Waals surface area contributed by atoms with Crippen LogP contribution in [-0.4, -0.2) is 72.7 Å². The van der Waals surface area contributed by atoms with Crippen molar-refractivity contribution in [3.05, 3.63) is 54.9 Å². The minimum Gasteiger partial charge on any atom is -0.491 e. The lowest BCUT2D eigenvalue weighted by atomic mass is 10.1. The number of benzene rings is 1. The Morgan fingerprint density at radius 1 is 1.15 bits per heavy atom. The molecule has 0 spiro atoms. The van der Waals surface area contributed by atoms with E-state index in [1.54, 1.807) is 13.2 Å². The molecule has 33 heavy (non-hydrogen) atoms. The van der Waals surface area contributed by atoms with Crippen LogP contribution in [0.1, 0.15) is 12.8 Å². The highest BCUT2D eigenvalue weighted by Gasteiger charge is 2.21. The van der Waals surface area contributed by atoms with Gasteiger partial charge in [-0.2, -0.15) is 0 Å². The Bertz CT molecular complexity index is 1030. The maximum absolute atomic E-state index is 9.95. The second-order valence-electron chi connectivity index (χ2n) is 8.18. The van der Waals surface area contributed by atoms with Crippen LogP contribution in [0, 0.1) is 0 Å². The average Bonchev–Trinajstić information content (AvgIpc) is 2.88. The molecule has 0 saturated carbocycles. The SMILES string of the molecule is CNCC(O)COc1cccc(-c2nc(-c3cccnc3)cc(N(C)C3CCOCC3)n2)c1. The number of pyridine rings is 1. The van der Waals surface area contributed by atoms with Crippen molar-refractivity contribution in [2.24, 2.45) is 0 Å². The van der Waals surface area contributed by atoms with Crippen LogP contribution in [0.5, 0.6) is 5.75 Å². The second-order valence-corrected chi connectivity index (χ2v) is 8.18. The lowest BCUT2D eigenvalue weighted by molar-refractivity contribution is 0.0853. The number of aliphatic hydroxyl groups is 1. The van der Waals surface area contributed by atoms with E-state index in [2.05, 4.69) is 22.2 Å². The number of nitrogens with one attached hydrogen (secondary N) is 1. The average molecular weight is 450 g/mol. The summed E-state index contributed by atoms with van der Waals surface area (Å²) >= 11 is 0. The molecule has 1 aliphatic heterocycles. The van der Waals surface area contributed by atoms with Gasteiger partial charge >= 0.3 is 0 Å². The number of ether oxygens (including phenoxy) is 2. The zero-order chi connectivity index (χ0) is 23.0. The van der Waals surface area contributed by atoms with Gasteiger partial charge in [-0.05, 0) is 44.2 Å². The monoisotopic (exact) mass is 449 g/mol. The summed E-state index contributed by atoms with van der Waals surface area (Å²) in [6.07, 6.45) is 4.92. The number of likely N-dealkylation sites (N-methyl/N-ethyl adjacent to an activating group) is 1. The highest BCUT2D eigenvalue weighted by atomic mass is 16.5. The fourth-order valence-corrected chi connectivity index (χ4v) is 3.88. The topological polar surface area (TPSA) is 92.6 Å². The Morgan fingerprint density at radius 2 is 1.97 bits per heavy atom. The second kappa shape index (κ2) is 11.2. The van der Waals surface area contributed by atoms with Gasteiger partial charge in [-0.25, -0.2) is 9.97 Å². The Labute approximate surface area is 194 Å². The van der Waals surface area contributed by atoms with Crippen molar-refractivity contribution < 1.29 is 14.6 Å². The Hall–Kier alpha value is -3.07. The van der Waals surface area contributed by atoms with Gasteiger partial charge in [0.2, 0.25) is 0 Å².